The molecule has 8 nitrogen and oxygen atoms in total. The molecule has 2 heterocycles. The molecule has 41 heavy (non-hydrogen) atoms. The Morgan fingerprint density at radius 2 is 1.46 bits per heavy atom. The number of anilines is 1. The number of amides is 4. The van der Waals surface area contributed by atoms with Crippen LogP contribution in [0, 0.1) is 46.8 Å². The number of fused-ring (bicyclic) bond motifs is 4. The zero-order chi connectivity index (χ0) is 29.9. The number of carbonyl (C=O) groups is 4. The number of allylic oxidation sites excluding steroid dienone is 2. The lowest BCUT2D eigenvalue weighted by Crippen LogP contribution is -2.60. The van der Waals surface area contributed by atoms with Crippen LogP contribution in [0.3, 0.4) is 0 Å². The first-order chi connectivity index (χ1) is 19.2. The lowest BCUT2D eigenvalue weighted by atomic mass is 9.56. The summed E-state index contributed by atoms with van der Waals surface area (Å²) in [5, 5.41) is 20.1. The summed E-state index contributed by atoms with van der Waals surface area (Å²) in [5.74, 6) is -22.9. The average Bonchev–Trinajstić information content (AvgIpc) is 3.24. The minimum atomic E-state index is -2.68. The largest absolute Gasteiger partial charge is 0.508 e. The van der Waals surface area contributed by atoms with Crippen LogP contribution in [0.4, 0.5) is 27.6 Å². The van der Waals surface area contributed by atoms with Gasteiger partial charge in [0.15, 0.2) is 33.0 Å². The molecule has 6 rings (SSSR count). The van der Waals surface area contributed by atoms with E-state index in [1.807, 2.05) is 0 Å². The minimum Gasteiger partial charge on any atom is -0.508 e. The summed E-state index contributed by atoms with van der Waals surface area (Å²) >= 11 is 13.8. The maximum atomic E-state index is 14.9. The van der Waals surface area contributed by atoms with Crippen molar-refractivity contribution in [2.45, 2.75) is 28.5 Å². The lowest BCUT2D eigenvalue weighted by molar-refractivity contribution is -0.173. The summed E-state index contributed by atoms with van der Waals surface area (Å²) in [6, 6.07) is 5.13. The number of halogens is 7. The van der Waals surface area contributed by atoms with Gasteiger partial charge in [0, 0.05) is 5.92 Å². The van der Waals surface area contributed by atoms with E-state index in [4.69, 9.17) is 23.2 Å². The molecule has 0 radical (unpaired) electrons. The zero-order valence-electron chi connectivity index (χ0n) is 20.2. The molecule has 2 saturated heterocycles. The Bertz CT molecular complexity index is 1630. The Kier molecular flexibility index (Phi) is 5.88. The maximum absolute atomic E-state index is 14.9. The Balaban J connectivity index is 1.61. The number of phenols is 1. The molecule has 3 fully saturated rings. The van der Waals surface area contributed by atoms with Crippen molar-refractivity contribution in [1.29, 1.82) is 0 Å². The molecular formula is C26H15Cl2F5N2O6. The van der Waals surface area contributed by atoms with E-state index in [-0.39, 0.29) is 33.3 Å². The van der Waals surface area contributed by atoms with E-state index in [9.17, 15) is 51.4 Å². The van der Waals surface area contributed by atoms with Crippen molar-refractivity contribution >= 4 is 52.5 Å². The molecule has 214 valence electrons. The second-order valence-electron chi connectivity index (χ2n) is 10.3. The van der Waals surface area contributed by atoms with Crippen molar-refractivity contribution in [3.63, 3.8) is 0 Å². The SMILES string of the molecule is O=C1[C@H]2[C@H](CC=C3[C@H]2C[C@@]2(Cl)C(=O)N(c4c(F)c(F)c(F)c(F)c4F)C(=O)[C@@]2(Cl)[C@H]3c2cccc(O)c2)C(=O)N1O. The lowest BCUT2D eigenvalue weighted by Gasteiger charge is -2.50. The number of rotatable bonds is 2. The molecule has 4 amide bonds. The Hall–Kier alpha value is -3.55. The number of alkyl halides is 2. The molecule has 0 bridgehead atoms. The highest BCUT2D eigenvalue weighted by molar-refractivity contribution is 6.58. The molecule has 4 aliphatic rings. The van der Waals surface area contributed by atoms with Crippen molar-refractivity contribution in [2.75, 3.05) is 4.90 Å². The van der Waals surface area contributed by atoms with E-state index in [0.717, 1.165) is 6.07 Å². The molecule has 0 unspecified atom stereocenters. The first-order valence-corrected chi connectivity index (χ1v) is 12.8. The van der Waals surface area contributed by atoms with Crippen LogP contribution in [-0.4, -0.2) is 48.8 Å². The second kappa shape index (κ2) is 8.73. The number of hydrogen-bond donors (Lipinski definition) is 2. The molecule has 1 saturated carbocycles. The third kappa shape index (κ3) is 3.25. The van der Waals surface area contributed by atoms with E-state index in [0.29, 0.717) is 0 Å². The van der Waals surface area contributed by atoms with Crippen LogP contribution < -0.4 is 4.90 Å². The van der Waals surface area contributed by atoms with Crippen molar-refractivity contribution in [3.8, 4) is 5.75 Å². The number of imide groups is 2. The Labute approximate surface area is 236 Å². The Morgan fingerprint density at radius 1 is 0.854 bits per heavy atom. The number of phenolic OH excluding ortho intramolecular Hbond substituents is 1. The van der Waals surface area contributed by atoms with Crippen LogP contribution in [-0.2, 0) is 19.2 Å². The van der Waals surface area contributed by atoms with Crippen molar-refractivity contribution in [1.82, 2.24) is 5.06 Å². The smallest absolute Gasteiger partial charge is 0.258 e. The number of nitrogens with zero attached hydrogens (tertiary/aromatic N) is 2. The van der Waals surface area contributed by atoms with Gasteiger partial charge in [0.05, 0.1) is 11.8 Å². The standard InChI is InChI=1S/C26H15Cl2F5N2O6/c27-25-7-12-10(4-5-11-13(12)22(38)35(41)21(11)37)14(8-2-1-3-9(36)6-8)26(25,28)24(40)34(23(25)39)20-18(32)16(30)15(29)17(31)19(20)33/h1-4,6,11-14,36,41H,5,7H2/t11-,12+,13-,14-,25+,26-/m0/s1. The van der Waals surface area contributed by atoms with E-state index in [1.54, 1.807) is 0 Å². The van der Waals surface area contributed by atoms with Crippen LogP contribution in [0.5, 0.6) is 5.75 Å². The molecular weight excluding hydrogens is 602 g/mol. The normalized spacial score (nSPS) is 32.7. The highest BCUT2D eigenvalue weighted by Gasteiger charge is 2.77. The third-order valence-electron chi connectivity index (χ3n) is 8.40. The number of aromatic hydroxyl groups is 1. The minimum absolute atomic E-state index is 0.0532. The fourth-order valence-corrected chi connectivity index (χ4v) is 7.56. The van der Waals surface area contributed by atoms with Crippen LogP contribution in [0.1, 0.15) is 24.3 Å². The van der Waals surface area contributed by atoms with Gasteiger partial charge >= 0.3 is 0 Å². The summed E-state index contributed by atoms with van der Waals surface area (Å²) in [7, 11) is 0. The van der Waals surface area contributed by atoms with Crippen LogP contribution in [0.25, 0.3) is 0 Å². The van der Waals surface area contributed by atoms with Crippen molar-refractivity contribution in [2.24, 2.45) is 17.8 Å². The van der Waals surface area contributed by atoms with E-state index < -0.39 is 98.2 Å². The van der Waals surface area contributed by atoms with E-state index >= 15 is 0 Å². The van der Waals surface area contributed by atoms with Gasteiger partial charge in [-0.05, 0) is 36.5 Å². The fourth-order valence-electron chi connectivity index (χ4n) is 6.63. The molecule has 2 aromatic rings. The number of hydroxylamine groups is 2. The summed E-state index contributed by atoms with van der Waals surface area (Å²) in [6.45, 7) is 0. The van der Waals surface area contributed by atoms with Gasteiger partial charge in [-0.25, -0.2) is 26.9 Å². The van der Waals surface area contributed by atoms with Gasteiger partial charge in [-0.2, -0.15) is 5.06 Å². The Morgan fingerprint density at radius 3 is 2.07 bits per heavy atom. The van der Waals surface area contributed by atoms with Crippen molar-refractivity contribution in [3.05, 3.63) is 70.6 Å². The molecule has 2 N–H and O–H groups in total. The summed E-state index contributed by atoms with van der Waals surface area (Å²) in [4.78, 5) is 47.7. The van der Waals surface area contributed by atoms with Crippen molar-refractivity contribution < 1.29 is 51.4 Å². The van der Waals surface area contributed by atoms with Crippen LogP contribution >= 0.6 is 23.2 Å². The maximum Gasteiger partial charge on any atom is 0.258 e. The molecule has 2 aliphatic heterocycles. The fraction of sp³-hybridized carbons (Fsp3) is 0.308. The third-order valence-corrected chi connectivity index (χ3v) is 9.81. The highest BCUT2D eigenvalue weighted by atomic mass is 35.5. The highest BCUT2D eigenvalue weighted by Crippen LogP contribution is 2.66. The average molecular weight is 617 g/mol. The summed E-state index contributed by atoms with van der Waals surface area (Å²) in [6.07, 6.45) is 0.660. The van der Waals surface area contributed by atoms with Gasteiger partial charge in [0.1, 0.15) is 11.4 Å². The van der Waals surface area contributed by atoms with Gasteiger partial charge in [-0.1, -0.05) is 23.8 Å². The quantitative estimate of drug-likeness (QED) is 0.100. The summed E-state index contributed by atoms with van der Waals surface area (Å²) in [5.41, 5.74) is -1.64. The first-order valence-electron chi connectivity index (χ1n) is 12.0. The van der Waals surface area contributed by atoms with Gasteiger partial charge < -0.3 is 5.11 Å². The van der Waals surface area contributed by atoms with Crippen LogP contribution in [0.15, 0.2) is 35.9 Å². The first kappa shape index (κ1) is 27.6. The molecule has 2 aliphatic carbocycles. The zero-order valence-corrected chi connectivity index (χ0v) is 21.7. The van der Waals surface area contributed by atoms with E-state index in [2.05, 4.69) is 0 Å². The molecule has 6 atom stereocenters. The topological polar surface area (TPSA) is 115 Å². The number of hydrogen-bond acceptors (Lipinski definition) is 6. The van der Waals surface area contributed by atoms with Gasteiger partial charge in [-0.3, -0.25) is 24.4 Å². The monoisotopic (exact) mass is 616 g/mol. The van der Waals surface area contributed by atoms with Gasteiger partial charge in [0.25, 0.3) is 23.6 Å². The molecule has 0 spiro atoms. The predicted octanol–water partition coefficient (Wildman–Crippen LogP) is 4.04. The van der Waals surface area contributed by atoms with E-state index in [1.165, 1.54) is 24.3 Å². The molecule has 15 heteroatoms. The predicted molar refractivity (Wildman–Crippen MR) is 128 cm³/mol. The van der Waals surface area contributed by atoms with Gasteiger partial charge in [0.2, 0.25) is 5.82 Å². The molecule has 2 aromatic carbocycles. The van der Waals surface area contributed by atoms with Crippen LogP contribution in [0.2, 0.25) is 0 Å². The second-order valence-corrected chi connectivity index (χ2v) is 11.5. The summed E-state index contributed by atoms with van der Waals surface area (Å²) < 4.78 is 71.9. The molecule has 0 aromatic heterocycles. The number of benzene rings is 2. The van der Waals surface area contributed by atoms with Gasteiger partial charge in [-0.15, -0.1) is 23.2 Å². The number of carbonyl (C=O) groups excluding carboxylic acids is 4.